The molecule has 0 saturated heterocycles. The summed E-state index contributed by atoms with van der Waals surface area (Å²) in [7, 11) is 1.67. The van der Waals surface area contributed by atoms with Crippen molar-refractivity contribution in [3.05, 3.63) is 57.7 Å². The Morgan fingerprint density at radius 2 is 2.12 bits per heavy atom. The number of carbonyl (C=O) groups is 2. The number of benzene rings is 1. The highest BCUT2D eigenvalue weighted by molar-refractivity contribution is 7.18. The third-order valence-corrected chi connectivity index (χ3v) is 5.15. The van der Waals surface area contributed by atoms with Crippen LogP contribution in [0.3, 0.4) is 0 Å². The molecule has 2 heterocycles. The Bertz CT molecular complexity index is 867. The first-order valence-corrected chi connectivity index (χ1v) is 9.33. The first kappa shape index (κ1) is 17.3. The van der Waals surface area contributed by atoms with Crippen molar-refractivity contribution in [1.29, 1.82) is 0 Å². The minimum absolute atomic E-state index is 0.267. The Morgan fingerprint density at radius 1 is 1.28 bits per heavy atom. The highest BCUT2D eigenvalue weighted by Gasteiger charge is 2.13. The minimum atomic E-state index is -0.534. The number of rotatable bonds is 6. The molecule has 0 aliphatic heterocycles. The van der Waals surface area contributed by atoms with Gasteiger partial charge in [0.25, 0.3) is 5.91 Å². The molecule has 5 nitrogen and oxygen atoms in total. The molecule has 0 saturated carbocycles. The third-order valence-electron chi connectivity index (χ3n) is 3.43. The van der Waals surface area contributed by atoms with Crippen LogP contribution in [0.25, 0.3) is 16.3 Å². The van der Waals surface area contributed by atoms with Gasteiger partial charge in [0.15, 0.2) is 6.61 Å². The molecule has 0 atom stereocenters. The summed E-state index contributed by atoms with van der Waals surface area (Å²) in [4.78, 5) is 29.8. The second-order valence-electron chi connectivity index (χ2n) is 5.32. The van der Waals surface area contributed by atoms with Crippen LogP contribution in [0.1, 0.15) is 10.6 Å². The van der Waals surface area contributed by atoms with Crippen molar-refractivity contribution in [2.45, 2.75) is 6.54 Å². The van der Waals surface area contributed by atoms with E-state index in [0.717, 1.165) is 20.8 Å². The number of amides is 1. The summed E-state index contributed by atoms with van der Waals surface area (Å²) in [6, 6.07) is 9.73. The predicted octanol–water partition coefficient (Wildman–Crippen LogP) is 3.57. The van der Waals surface area contributed by atoms with Crippen LogP contribution in [0.2, 0.25) is 0 Å². The topological polar surface area (TPSA) is 59.5 Å². The number of likely N-dealkylation sites (N-methyl/N-ethyl adjacent to an activating group) is 1. The van der Waals surface area contributed by atoms with Gasteiger partial charge >= 0.3 is 5.97 Å². The van der Waals surface area contributed by atoms with Gasteiger partial charge in [-0.2, -0.15) is 11.3 Å². The average Bonchev–Trinajstić information content (AvgIpc) is 3.26. The van der Waals surface area contributed by atoms with E-state index in [-0.39, 0.29) is 12.5 Å². The summed E-state index contributed by atoms with van der Waals surface area (Å²) in [5.74, 6) is -0.801. The number of thiophene rings is 1. The molecule has 0 bridgehead atoms. The summed E-state index contributed by atoms with van der Waals surface area (Å²) in [6.45, 7) is 0.106. The number of fused-ring (bicyclic) bond motifs is 1. The van der Waals surface area contributed by atoms with Crippen molar-refractivity contribution in [3.8, 4) is 0 Å². The number of thiazole rings is 1. The number of esters is 1. The van der Waals surface area contributed by atoms with E-state index in [1.165, 1.54) is 11.0 Å². The molecule has 0 N–H and O–H groups in total. The minimum Gasteiger partial charge on any atom is -0.452 e. The molecule has 0 aliphatic rings. The summed E-state index contributed by atoms with van der Waals surface area (Å²) in [6.07, 6.45) is 2.98. The number of hydrogen-bond donors (Lipinski definition) is 0. The maximum Gasteiger partial charge on any atom is 0.331 e. The second kappa shape index (κ2) is 8.04. The van der Waals surface area contributed by atoms with Gasteiger partial charge in [0, 0.05) is 13.1 Å². The molecule has 25 heavy (non-hydrogen) atoms. The van der Waals surface area contributed by atoms with Crippen LogP contribution in [0.5, 0.6) is 0 Å². The van der Waals surface area contributed by atoms with E-state index in [1.807, 2.05) is 41.1 Å². The lowest BCUT2D eigenvalue weighted by Crippen LogP contribution is -2.30. The Morgan fingerprint density at radius 3 is 2.88 bits per heavy atom. The van der Waals surface area contributed by atoms with Gasteiger partial charge in [0.05, 0.1) is 16.8 Å². The van der Waals surface area contributed by atoms with Gasteiger partial charge in [-0.1, -0.05) is 12.1 Å². The van der Waals surface area contributed by atoms with Gasteiger partial charge in [-0.15, -0.1) is 11.3 Å². The molecule has 0 fully saturated rings. The lowest BCUT2D eigenvalue weighted by atomic mass is 10.3. The predicted molar refractivity (Wildman–Crippen MR) is 100 cm³/mol. The van der Waals surface area contributed by atoms with Crippen molar-refractivity contribution < 1.29 is 14.3 Å². The summed E-state index contributed by atoms with van der Waals surface area (Å²) >= 11 is 3.10. The van der Waals surface area contributed by atoms with Gasteiger partial charge in [0.2, 0.25) is 0 Å². The Labute approximate surface area is 153 Å². The Hall–Kier alpha value is -2.51. The molecule has 0 aliphatic carbocycles. The van der Waals surface area contributed by atoms with Gasteiger partial charge in [-0.3, -0.25) is 4.79 Å². The molecule has 3 rings (SSSR count). The van der Waals surface area contributed by atoms with E-state index in [1.54, 1.807) is 35.8 Å². The largest absolute Gasteiger partial charge is 0.452 e. The van der Waals surface area contributed by atoms with Crippen LogP contribution in [0.4, 0.5) is 0 Å². The SMILES string of the molecule is CN(Cc1nc2ccccc2s1)C(=O)COC(=O)/C=C/c1ccsc1. The molecule has 2 aromatic heterocycles. The zero-order chi connectivity index (χ0) is 17.6. The second-order valence-corrected chi connectivity index (χ2v) is 7.22. The highest BCUT2D eigenvalue weighted by atomic mass is 32.1. The quantitative estimate of drug-likeness (QED) is 0.490. The van der Waals surface area contributed by atoms with Crippen molar-refractivity contribution in [2.75, 3.05) is 13.7 Å². The van der Waals surface area contributed by atoms with Gasteiger partial charge in [-0.05, 0) is 40.6 Å². The standard InChI is InChI=1S/C18H16N2O3S2/c1-20(10-16-19-14-4-2-3-5-15(14)25-16)17(21)11-23-18(22)7-6-13-8-9-24-12-13/h2-9,12H,10-11H2,1H3/b7-6+. The molecule has 0 unspecified atom stereocenters. The van der Waals surface area contributed by atoms with Gasteiger partial charge < -0.3 is 9.64 Å². The lowest BCUT2D eigenvalue weighted by molar-refractivity contribution is -0.147. The van der Waals surface area contributed by atoms with Crippen LogP contribution in [0.15, 0.2) is 47.2 Å². The van der Waals surface area contributed by atoms with Crippen molar-refractivity contribution in [1.82, 2.24) is 9.88 Å². The van der Waals surface area contributed by atoms with Crippen LogP contribution in [-0.2, 0) is 20.9 Å². The molecule has 1 amide bonds. The number of carbonyl (C=O) groups excluding carboxylic acids is 2. The van der Waals surface area contributed by atoms with Crippen LogP contribution in [-0.4, -0.2) is 35.4 Å². The Kier molecular flexibility index (Phi) is 5.57. The van der Waals surface area contributed by atoms with Crippen molar-refractivity contribution >= 4 is 50.8 Å². The van der Waals surface area contributed by atoms with E-state index in [0.29, 0.717) is 6.54 Å². The normalized spacial score (nSPS) is 11.1. The molecule has 0 radical (unpaired) electrons. The fourth-order valence-corrected chi connectivity index (χ4v) is 3.75. The van der Waals surface area contributed by atoms with Crippen molar-refractivity contribution in [2.24, 2.45) is 0 Å². The average molecular weight is 372 g/mol. The fraction of sp³-hybridized carbons (Fsp3) is 0.167. The monoisotopic (exact) mass is 372 g/mol. The molecule has 3 aromatic rings. The smallest absolute Gasteiger partial charge is 0.331 e. The van der Waals surface area contributed by atoms with E-state index < -0.39 is 5.97 Å². The lowest BCUT2D eigenvalue weighted by Gasteiger charge is -2.15. The number of ether oxygens (including phenoxy) is 1. The van der Waals surface area contributed by atoms with E-state index in [9.17, 15) is 9.59 Å². The first-order chi connectivity index (χ1) is 12.1. The zero-order valence-electron chi connectivity index (χ0n) is 13.5. The zero-order valence-corrected chi connectivity index (χ0v) is 15.2. The number of para-hydroxylation sites is 1. The van der Waals surface area contributed by atoms with Crippen molar-refractivity contribution in [3.63, 3.8) is 0 Å². The first-order valence-electron chi connectivity index (χ1n) is 7.57. The number of aromatic nitrogens is 1. The van der Waals surface area contributed by atoms with E-state index >= 15 is 0 Å². The molecular weight excluding hydrogens is 356 g/mol. The molecule has 128 valence electrons. The molecule has 1 aromatic carbocycles. The number of hydrogen-bond acceptors (Lipinski definition) is 6. The summed E-state index contributed by atoms with van der Waals surface area (Å²) < 4.78 is 6.08. The van der Waals surface area contributed by atoms with Gasteiger partial charge in [0.1, 0.15) is 5.01 Å². The molecule has 0 spiro atoms. The van der Waals surface area contributed by atoms with E-state index in [4.69, 9.17) is 4.74 Å². The van der Waals surface area contributed by atoms with Gasteiger partial charge in [-0.25, -0.2) is 9.78 Å². The number of nitrogens with zero attached hydrogens (tertiary/aromatic N) is 2. The highest BCUT2D eigenvalue weighted by Crippen LogP contribution is 2.22. The van der Waals surface area contributed by atoms with Crippen LogP contribution >= 0.6 is 22.7 Å². The summed E-state index contributed by atoms with van der Waals surface area (Å²) in [5, 5.41) is 4.69. The van der Waals surface area contributed by atoms with E-state index in [2.05, 4.69) is 4.98 Å². The third kappa shape index (κ3) is 4.74. The summed E-state index contributed by atoms with van der Waals surface area (Å²) in [5.41, 5.74) is 1.86. The molecule has 7 heteroatoms. The van der Waals surface area contributed by atoms with Crippen LogP contribution < -0.4 is 0 Å². The maximum absolute atomic E-state index is 12.1. The molecular formula is C18H16N2O3S2. The fourth-order valence-electron chi connectivity index (χ4n) is 2.10. The van der Waals surface area contributed by atoms with Crippen LogP contribution in [0, 0.1) is 0 Å². The maximum atomic E-state index is 12.1. The Balaban J connectivity index is 1.49.